The van der Waals surface area contributed by atoms with Gasteiger partial charge in [-0.05, 0) is 19.1 Å². The Morgan fingerprint density at radius 2 is 2.23 bits per heavy atom. The van der Waals surface area contributed by atoms with E-state index in [0.717, 1.165) is 0 Å². The van der Waals surface area contributed by atoms with Crippen LogP contribution in [0.15, 0.2) is 18.2 Å². The van der Waals surface area contributed by atoms with Crippen molar-refractivity contribution < 1.29 is 9.18 Å². The smallest absolute Gasteiger partial charge is 0.248 e. The Bertz CT molecular complexity index is 387. The average Bonchev–Trinajstić information content (AvgIpc) is 2.23. The Kier molecular flexibility index (Phi) is 1.44. The number of nitrogens with one attached hydrogen (secondary N) is 1. The van der Waals surface area contributed by atoms with Gasteiger partial charge in [-0.25, -0.2) is 4.39 Å². The van der Waals surface area contributed by atoms with E-state index in [1.54, 1.807) is 6.92 Å². The van der Waals surface area contributed by atoms with Crippen LogP contribution in [0.3, 0.4) is 0 Å². The number of amides is 1. The standard InChI is InChI=1S/C9H9FN2O/c1-9(11)6-3-2-5(10)4-7(6)12-8(9)13/h2-4H,11H2,1H3,(H,12,13). The van der Waals surface area contributed by atoms with Crippen molar-refractivity contribution in [1.29, 1.82) is 0 Å². The van der Waals surface area contributed by atoms with E-state index in [9.17, 15) is 9.18 Å². The van der Waals surface area contributed by atoms with Gasteiger partial charge in [-0.15, -0.1) is 0 Å². The van der Waals surface area contributed by atoms with Crippen molar-refractivity contribution in [1.82, 2.24) is 0 Å². The van der Waals surface area contributed by atoms with Gasteiger partial charge < -0.3 is 11.1 Å². The molecule has 0 aliphatic carbocycles. The minimum Gasteiger partial charge on any atom is -0.324 e. The molecule has 1 heterocycles. The second-order valence-corrected chi connectivity index (χ2v) is 3.35. The Morgan fingerprint density at radius 1 is 1.54 bits per heavy atom. The lowest BCUT2D eigenvalue weighted by molar-refractivity contribution is -0.120. The highest BCUT2D eigenvalue weighted by molar-refractivity contribution is 6.05. The minimum absolute atomic E-state index is 0.298. The van der Waals surface area contributed by atoms with Crippen molar-refractivity contribution in [2.45, 2.75) is 12.5 Å². The summed E-state index contributed by atoms with van der Waals surface area (Å²) in [7, 11) is 0. The second-order valence-electron chi connectivity index (χ2n) is 3.35. The third-order valence-electron chi connectivity index (χ3n) is 2.26. The summed E-state index contributed by atoms with van der Waals surface area (Å²) in [6, 6.07) is 4.10. The maximum Gasteiger partial charge on any atom is 0.248 e. The summed E-state index contributed by atoms with van der Waals surface area (Å²) in [4.78, 5) is 11.3. The van der Waals surface area contributed by atoms with Gasteiger partial charge in [0.2, 0.25) is 5.91 Å². The molecular formula is C9H9FN2O. The molecule has 1 amide bonds. The zero-order chi connectivity index (χ0) is 9.64. The topological polar surface area (TPSA) is 55.1 Å². The van der Waals surface area contributed by atoms with Gasteiger partial charge in [-0.1, -0.05) is 6.07 Å². The van der Waals surface area contributed by atoms with Crippen LogP contribution in [0, 0.1) is 5.82 Å². The van der Waals surface area contributed by atoms with Crippen LogP contribution < -0.4 is 11.1 Å². The predicted octanol–water partition coefficient (Wildman–Crippen LogP) is 0.952. The largest absolute Gasteiger partial charge is 0.324 e. The van der Waals surface area contributed by atoms with Crippen molar-refractivity contribution in [3.05, 3.63) is 29.6 Å². The number of fused-ring (bicyclic) bond motifs is 1. The quantitative estimate of drug-likeness (QED) is 0.624. The summed E-state index contributed by atoms with van der Waals surface area (Å²) in [5.41, 5.74) is 5.82. The van der Waals surface area contributed by atoms with E-state index >= 15 is 0 Å². The number of carbonyl (C=O) groups excluding carboxylic acids is 1. The first kappa shape index (κ1) is 8.19. The SMILES string of the molecule is CC1(N)C(=O)Nc2cc(F)ccc21. The average molecular weight is 180 g/mol. The third kappa shape index (κ3) is 1.02. The molecule has 0 saturated heterocycles. The van der Waals surface area contributed by atoms with E-state index in [1.165, 1.54) is 18.2 Å². The van der Waals surface area contributed by atoms with Crippen LogP contribution in [0.4, 0.5) is 10.1 Å². The fraction of sp³-hybridized carbons (Fsp3) is 0.222. The van der Waals surface area contributed by atoms with Gasteiger partial charge in [0, 0.05) is 11.3 Å². The molecule has 0 spiro atoms. The molecule has 0 radical (unpaired) electrons. The van der Waals surface area contributed by atoms with Gasteiger partial charge in [0.05, 0.1) is 0 Å². The monoisotopic (exact) mass is 180 g/mol. The zero-order valence-corrected chi connectivity index (χ0v) is 7.10. The summed E-state index contributed by atoms with van der Waals surface area (Å²) in [5, 5.41) is 2.52. The molecule has 1 aliphatic heterocycles. The van der Waals surface area contributed by atoms with Crippen LogP contribution in [0.1, 0.15) is 12.5 Å². The Labute approximate surface area is 74.7 Å². The molecule has 1 unspecified atom stereocenters. The second kappa shape index (κ2) is 2.29. The Hall–Kier alpha value is -1.42. The number of halogens is 1. The third-order valence-corrected chi connectivity index (χ3v) is 2.26. The number of nitrogens with two attached hydrogens (primary N) is 1. The molecule has 0 saturated carbocycles. The molecule has 1 aromatic carbocycles. The molecule has 3 N–H and O–H groups in total. The molecule has 1 aromatic rings. The Morgan fingerprint density at radius 3 is 2.92 bits per heavy atom. The van der Waals surface area contributed by atoms with Crippen molar-refractivity contribution in [3.8, 4) is 0 Å². The number of hydrogen-bond acceptors (Lipinski definition) is 2. The maximum absolute atomic E-state index is 12.7. The number of benzene rings is 1. The highest BCUT2D eigenvalue weighted by Crippen LogP contribution is 2.33. The molecule has 3 nitrogen and oxygen atoms in total. The van der Waals surface area contributed by atoms with E-state index in [4.69, 9.17) is 5.73 Å². The molecule has 0 aromatic heterocycles. The highest BCUT2D eigenvalue weighted by Gasteiger charge is 2.38. The summed E-state index contributed by atoms with van der Waals surface area (Å²) in [6.45, 7) is 1.60. The molecule has 13 heavy (non-hydrogen) atoms. The molecule has 0 fully saturated rings. The van der Waals surface area contributed by atoms with Crippen LogP contribution in [0.5, 0.6) is 0 Å². The molecule has 4 heteroatoms. The first-order valence-electron chi connectivity index (χ1n) is 3.92. The summed E-state index contributed by atoms with van der Waals surface area (Å²) in [6.07, 6.45) is 0. The molecular weight excluding hydrogens is 171 g/mol. The summed E-state index contributed by atoms with van der Waals surface area (Å²) in [5.74, 6) is -0.676. The number of hydrogen-bond donors (Lipinski definition) is 2. The van der Waals surface area contributed by atoms with Gasteiger partial charge in [-0.3, -0.25) is 4.79 Å². The van der Waals surface area contributed by atoms with Crippen molar-refractivity contribution in [3.63, 3.8) is 0 Å². The van der Waals surface area contributed by atoms with Crippen molar-refractivity contribution in [2.24, 2.45) is 5.73 Å². The normalized spacial score (nSPS) is 25.6. The highest BCUT2D eigenvalue weighted by atomic mass is 19.1. The van der Waals surface area contributed by atoms with Crippen LogP contribution in [-0.4, -0.2) is 5.91 Å². The van der Waals surface area contributed by atoms with Crippen LogP contribution >= 0.6 is 0 Å². The van der Waals surface area contributed by atoms with E-state index in [0.29, 0.717) is 11.3 Å². The van der Waals surface area contributed by atoms with Crippen LogP contribution in [-0.2, 0) is 10.3 Å². The van der Waals surface area contributed by atoms with Gasteiger partial charge in [-0.2, -0.15) is 0 Å². The van der Waals surface area contributed by atoms with E-state index in [-0.39, 0.29) is 11.7 Å². The van der Waals surface area contributed by atoms with Gasteiger partial charge in [0.1, 0.15) is 11.4 Å². The summed E-state index contributed by atoms with van der Waals surface area (Å²) < 4.78 is 12.7. The number of carbonyl (C=O) groups is 1. The van der Waals surface area contributed by atoms with Crippen molar-refractivity contribution >= 4 is 11.6 Å². The minimum atomic E-state index is -1.04. The molecule has 0 bridgehead atoms. The first-order valence-corrected chi connectivity index (χ1v) is 3.92. The lowest BCUT2D eigenvalue weighted by Crippen LogP contribution is -2.40. The van der Waals surface area contributed by atoms with E-state index in [2.05, 4.69) is 5.32 Å². The lowest BCUT2D eigenvalue weighted by atomic mass is 9.95. The molecule has 1 aliphatic rings. The van der Waals surface area contributed by atoms with Gasteiger partial charge in [0.15, 0.2) is 0 Å². The molecule has 1 atom stereocenters. The van der Waals surface area contributed by atoms with Gasteiger partial charge in [0.25, 0.3) is 0 Å². The fourth-order valence-electron chi connectivity index (χ4n) is 1.45. The number of anilines is 1. The fourth-order valence-corrected chi connectivity index (χ4v) is 1.45. The Balaban J connectivity index is 2.62. The van der Waals surface area contributed by atoms with E-state index < -0.39 is 5.54 Å². The van der Waals surface area contributed by atoms with Gasteiger partial charge >= 0.3 is 0 Å². The number of rotatable bonds is 0. The summed E-state index contributed by atoms with van der Waals surface area (Å²) >= 11 is 0. The van der Waals surface area contributed by atoms with Crippen LogP contribution in [0.25, 0.3) is 0 Å². The molecule has 2 rings (SSSR count). The van der Waals surface area contributed by atoms with Crippen molar-refractivity contribution in [2.75, 3.05) is 5.32 Å². The zero-order valence-electron chi connectivity index (χ0n) is 7.10. The lowest BCUT2D eigenvalue weighted by Gasteiger charge is -2.14. The predicted molar refractivity (Wildman–Crippen MR) is 46.6 cm³/mol. The molecule has 68 valence electrons. The first-order chi connectivity index (χ1) is 6.01. The van der Waals surface area contributed by atoms with Crippen LogP contribution in [0.2, 0.25) is 0 Å². The maximum atomic E-state index is 12.7. The van der Waals surface area contributed by atoms with E-state index in [1.807, 2.05) is 0 Å².